The molecule has 1 aliphatic heterocycles. The van der Waals surface area contributed by atoms with Gasteiger partial charge in [0, 0.05) is 44.0 Å². The summed E-state index contributed by atoms with van der Waals surface area (Å²) in [5.74, 6) is 0.403. The number of H-pyrrole nitrogens is 1. The van der Waals surface area contributed by atoms with E-state index in [1.54, 1.807) is 21.9 Å². The first-order valence-corrected chi connectivity index (χ1v) is 12.0. The molecule has 2 aromatic heterocycles. The molecular weight excluding hydrogens is 430 g/mol. The lowest BCUT2D eigenvalue weighted by atomic mass is 9.96. The van der Waals surface area contributed by atoms with E-state index in [0.717, 1.165) is 29.7 Å². The number of carbonyl (C=O) groups excluding carboxylic acids is 2. The fraction of sp³-hybridized carbons (Fsp3) is 0.462. The molecule has 2 amide bonds. The second kappa shape index (κ2) is 9.83. The van der Waals surface area contributed by atoms with Gasteiger partial charge in [0.1, 0.15) is 17.0 Å². The average Bonchev–Trinajstić information content (AvgIpc) is 3.26. The van der Waals surface area contributed by atoms with Crippen molar-refractivity contribution in [3.8, 4) is 0 Å². The molecule has 1 saturated heterocycles. The van der Waals surface area contributed by atoms with Crippen LogP contribution in [-0.2, 0) is 0 Å². The van der Waals surface area contributed by atoms with Crippen LogP contribution in [0.15, 0.2) is 41.5 Å². The van der Waals surface area contributed by atoms with Crippen LogP contribution in [-0.4, -0.2) is 50.9 Å². The van der Waals surface area contributed by atoms with Gasteiger partial charge in [-0.3, -0.25) is 14.4 Å². The monoisotopic (exact) mass is 463 g/mol. The summed E-state index contributed by atoms with van der Waals surface area (Å²) in [6.45, 7) is 9.39. The quantitative estimate of drug-likeness (QED) is 0.582. The highest BCUT2D eigenvalue weighted by Gasteiger charge is 2.30. The molecule has 8 heteroatoms. The summed E-state index contributed by atoms with van der Waals surface area (Å²) in [5.41, 5.74) is 1.40. The van der Waals surface area contributed by atoms with E-state index in [9.17, 15) is 14.4 Å². The smallest absolute Gasteiger partial charge is 0.259 e. The fourth-order valence-corrected chi connectivity index (χ4v) is 4.32. The summed E-state index contributed by atoms with van der Waals surface area (Å²) < 4.78 is 1.76. The third kappa shape index (κ3) is 4.90. The van der Waals surface area contributed by atoms with E-state index in [-0.39, 0.29) is 34.9 Å². The standard InChI is InChI=1S/C26H33N5O3/c1-16(2)12-27-25(33)19-14-31(17(3)4)15-20(23(19)32)26(34)30-11-7-8-18(13-30)24-28-21-9-5-6-10-22(21)29-24/h5-6,9-10,14-18H,7-8,11-13H2,1-4H3,(H,27,33)(H,28,29)/t18-/m0/s1. The number of hydrogen-bond acceptors (Lipinski definition) is 4. The van der Waals surface area contributed by atoms with Crippen molar-refractivity contribution in [2.75, 3.05) is 19.6 Å². The topological polar surface area (TPSA) is 100 Å². The number of fused-ring (bicyclic) bond motifs is 1. The van der Waals surface area contributed by atoms with E-state index >= 15 is 0 Å². The van der Waals surface area contributed by atoms with E-state index in [4.69, 9.17) is 4.98 Å². The minimum absolute atomic E-state index is 0.00560. The first-order valence-electron chi connectivity index (χ1n) is 12.0. The SMILES string of the molecule is CC(C)CNC(=O)c1cn(C(C)C)cc(C(=O)N2CCC[C@H](c3nc4ccccc4[nH]3)C2)c1=O. The Morgan fingerprint density at radius 3 is 2.59 bits per heavy atom. The molecule has 1 aliphatic rings. The molecule has 34 heavy (non-hydrogen) atoms. The van der Waals surface area contributed by atoms with Gasteiger partial charge in [0.05, 0.1) is 11.0 Å². The van der Waals surface area contributed by atoms with Gasteiger partial charge in [-0.15, -0.1) is 0 Å². The van der Waals surface area contributed by atoms with Crippen LogP contribution in [0.1, 0.15) is 79.0 Å². The van der Waals surface area contributed by atoms with Crippen LogP contribution >= 0.6 is 0 Å². The molecule has 0 unspecified atom stereocenters. The van der Waals surface area contributed by atoms with E-state index in [1.165, 1.54) is 0 Å². The highest BCUT2D eigenvalue weighted by molar-refractivity contribution is 5.99. The molecule has 8 nitrogen and oxygen atoms in total. The Morgan fingerprint density at radius 1 is 1.15 bits per heavy atom. The Morgan fingerprint density at radius 2 is 1.88 bits per heavy atom. The Bertz CT molecular complexity index is 1220. The van der Waals surface area contributed by atoms with Crippen molar-refractivity contribution in [3.63, 3.8) is 0 Å². The first-order chi connectivity index (χ1) is 16.2. The molecule has 0 spiro atoms. The molecule has 3 heterocycles. The number of aromatic amines is 1. The Labute approximate surface area is 199 Å². The van der Waals surface area contributed by atoms with Crippen LogP contribution in [0.25, 0.3) is 11.0 Å². The van der Waals surface area contributed by atoms with Crippen molar-refractivity contribution in [1.82, 2.24) is 24.8 Å². The third-order valence-corrected chi connectivity index (χ3v) is 6.29. The van der Waals surface area contributed by atoms with E-state index < -0.39 is 11.3 Å². The van der Waals surface area contributed by atoms with Crippen LogP contribution in [0, 0.1) is 5.92 Å². The maximum absolute atomic E-state index is 13.5. The highest BCUT2D eigenvalue weighted by atomic mass is 16.2. The molecule has 4 rings (SSSR count). The molecule has 0 saturated carbocycles. The minimum Gasteiger partial charge on any atom is -0.352 e. The minimum atomic E-state index is -0.519. The molecule has 1 fully saturated rings. The predicted octanol–water partition coefficient (Wildman–Crippen LogP) is 3.71. The Kier molecular flexibility index (Phi) is 6.86. The number of likely N-dealkylation sites (tertiary alicyclic amines) is 1. The lowest BCUT2D eigenvalue weighted by molar-refractivity contribution is 0.0702. The number of hydrogen-bond donors (Lipinski definition) is 2. The zero-order chi connectivity index (χ0) is 24.4. The first kappa shape index (κ1) is 23.7. The summed E-state index contributed by atoms with van der Waals surface area (Å²) in [6, 6.07) is 7.86. The summed E-state index contributed by atoms with van der Waals surface area (Å²) in [5, 5.41) is 2.80. The van der Waals surface area contributed by atoms with Gasteiger partial charge in [-0.1, -0.05) is 26.0 Å². The number of para-hydroxylation sites is 2. The summed E-state index contributed by atoms with van der Waals surface area (Å²) in [4.78, 5) is 49.4. The van der Waals surface area contributed by atoms with E-state index in [2.05, 4.69) is 10.3 Å². The third-order valence-electron chi connectivity index (χ3n) is 6.29. The Balaban J connectivity index is 1.62. The van der Waals surface area contributed by atoms with Crippen LogP contribution in [0.2, 0.25) is 0 Å². The van der Waals surface area contributed by atoms with Gasteiger partial charge < -0.3 is 19.8 Å². The second-order valence-electron chi connectivity index (χ2n) is 9.79. The molecule has 0 aliphatic carbocycles. The number of pyridine rings is 1. The number of carbonyl (C=O) groups is 2. The van der Waals surface area contributed by atoms with Crippen LogP contribution in [0.5, 0.6) is 0 Å². The Hall–Kier alpha value is -3.42. The number of nitrogens with one attached hydrogen (secondary N) is 2. The molecule has 1 aromatic carbocycles. The second-order valence-corrected chi connectivity index (χ2v) is 9.79. The van der Waals surface area contributed by atoms with Crippen LogP contribution in [0.3, 0.4) is 0 Å². The van der Waals surface area contributed by atoms with Crippen LogP contribution < -0.4 is 10.7 Å². The van der Waals surface area contributed by atoms with Gasteiger partial charge >= 0.3 is 0 Å². The number of aromatic nitrogens is 3. The van der Waals surface area contributed by atoms with Gasteiger partial charge in [0.25, 0.3) is 11.8 Å². The number of rotatable bonds is 6. The zero-order valence-electron chi connectivity index (χ0n) is 20.3. The molecule has 0 radical (unpaired) electrons. The number of imidazole rings is 1. The van der Waals surface area contributed by atoms with Crippen LogP contribution in [0.4, 0.5) is 0 Å². The van der Waals surface area contributed by atoms with Crippen molar-refractivity contribution in [2.45, 2.75) is 52.5 Å². The maximum Gasteiger partial charge on any atom is 0.259 e. The number of benzene rings is 1. The highest BCUT2D eigenvalue weighted by Crippen LogP contribution is 2.27. The summed E-state index contributed by atoms with van der Waals surface area (Å²) in [6.07, 6.45) is 4.87. The molecule has 180 valence electrons. The molecule has 0 bridgehead atoms. The van der Waals surface area contributed by atoms with Gasteiger partial charge in [0.15, 0.2) is 0 Å². The van der Waals surface area contributed by atoms with Gasteiger partial charge in [0.2, 0.25) is 5.43 Å². The van der Waals surface area contributed by atoms with E-state index in [0.29, 0.717) is 19.6 Å². The molecule has 3 aromatic rings. The van der Waals surface area contributed by atoms with Crippen molar-refractivity contribution in [3.05, 3.63) is 63.8 Å². The lowest BCUT2D eigenvalue weighted by Crippen LogP contribution is -2.42. The van der Waals surface area contributed by atoms with E-state index in [1.807, 2.05) is 52.0 Å². The van der Waals surface area contributed by atoms with Crippen molar-refractivity contribution >= 4 is 22.8 Å². The average molecular weight is 464 g/mol. The normalized spacial score (nSPS) is 16.4. The molecule has 2 N–H and O–H groups in total. The number of amides is 2. The summed E-state index contributed by atoms with van der Waals surface area (Å²) >= 11 is 0. The zero-order valence-corrected chi connectivity index (χ0v) is 20.3. The summed E-state index contributed by atoms with van der Waals surface area (Å²) in [7, 11) is 0. The van der Waals surface area contributed by atoms with Gasteiger partial charge in [-0.2, -0.15) is 0 Å². The van der Waals surface area contributed by atoms with Gasteiger partial charge in [-0.05, 0) is 44.7 Å². The van der Waals surface area contributed by atoms with Crippen molar-refractivity contribution in [1.29, 1.82) is 0 Å². The predicted molar refractivity (Wildman–Crippen MR) is 132 cm³/mol. The molecular formula is C26H33N5O3. The van der Waals surface area contributed by atoms with Gasteiger partial charge in [-0.25, -0.2) is 4.98 Å². The largest absolute Gasteiger partial charge is 0.352 e. The number of nitrogens with zero attached hydrogens (tertiary/aromatic N) is 3. The maximum atomic E-state index is 13.5. The van der Waals surface area contributed by atoms with Crippen molar-refractivity contribution < 1.29 is 9.59 Å². The lowest BCUT2D eigenvalue weighted by Gasteiger charge is -2.32. The van der Waals surface area contributed by atoms with Crippen molar-refractivity contribution in [2.24, 2.45) is 5.92 Å². The fourth-order valence-electron chi connectivity index (χ4n) is 4.32. The molecule has 1 atom stereocenters. The number of piperidine rings is 1.